The molecule has 0 fully saturated rings. The van der Waals surface area contributed by atoms with Crippen LogP contribution in [-0.4, -0.2) is 30.7 Å². The summed E-state index contributed by atoms with van der Waals surface area (Å²) in [7, 11) is 0. The lowest BCUT2D eigenvalue weighted by Crippen LogP contribution is -2.50. The fourth-order valence-electron chi connectivity index (χ4n) is 2.64. The van der Waals surface area contributed by atoms with Crippen LogP contribution in [0.4, 0.5) is 0 Å². The van der Waals surface area contributed by atoms with Gasteiger partial charge in [0.25, 0.3) is 0 Å². The number of nitrogens with zero attached hydrogens (tertiary/aromatic N) is 1. The summed E-state index contributed by atoms with van der Waals surface area (Å²) in [6.07, 6.45) is 11.1. The van der Waals surface area contributed by atoms with Gasteiger partial charge in [-0.05, 0) is 25.7 Å². The minimum Gasteiger partial charge on any atom is -0.324 e. The molecule has 1 nitrogen and oxygen atoms in total. The Morgan fingerprint density at radius 2 is 0.636 bits per heavy atom. The number of rotatable bonds is 12. The van der Waals surface area contributed by atoms with Gasteiger partial charge in [0.2, 0.25) is 0 Å². The molecular formula is C16H41Cl4IN+. The summed E-state index contributed by atoms with van der Waals surface area (Å²) in [5.41, 5.74) is 0. The van der Waals surface area contributed by atoms with Gasteiger partial charge in [-0.25, -0.2) is 0 Å². The van der Waals surface area contributed by atoms with Crippen molar-refractivity contribution in [2.45, 2.75) is 79.1 Å². The van der Waals surface area contributed by atoms with E-state index < -0.39 is 0 Å². The fraction of sp³-hybridized carbons (Fsp3) is 1.00. The number of unbranched alkanes of at least 4 members (excludes halogenated alkanes) is 4. The first-order chi connectivity index (χ1) is 8.24. The van der Waals surface area contributed by atoms with Gasteiger partial charge >= 0.3 is 0 Å². The van der Waals surface area contributed by atoms with Gasteiger partial charge in [0.05, 0.1) is 26.2 Å². The molecule has 0 spiro atoms. The van der Waals surface area contributed by atoms with E-state index in [4.69, 9.17) is 0 Å². The van der Waals surface area contributed by atoms with E-state index in [9.17, 15) is 0 Å². The summed E-state index contributed by atoms with van der Waals surface area (Å²) in [5.74, 6) is 0. The molecule has 0 aromatic heterocycles. The minimum atomic E-state index is 0. The molecular weight excluding hydrogens is 475 g/mol. The Labute approximate surface area is 182 Å². The molecule has 0 saturated heterocycles. The second-order valence-electron chi connectivity index (χ2n) is 5.65. The van der Waals surface area contributed by atoms with Gasteiger partial charge < -0.3 is 4.48 Å². The third kappa shape index (κ3) is 19.9. The fourth-order valence-corrected chi connectivity index (χ4v) is 2.64. The average molecular weight is 516 g/mol. The standard InChI is InChI=1S/C16H36N.4ClH.HI/c1-5-9-13-17(14-10-6-2,15-11-7-3)16-12-8-4;;;;;/h5-16H2,1-4H3;5*1H/q+1;;;;;. The number of hydrogen-bond donors (Lipinski definition) is 0. The maximum absolute atomic E-state index is 2.33. The predicted molar refractivity (Wildman–Crippen MR) is 124 cm³/mol. The SMILES string of the molecule is CCCC[N+](CCCC)(CCCC)CCCC.Cl.Cl.Cl.Cl.I. The highest BCUT2D eigenvalue weighted by Gasteiger charge is 2.24. The third-order valence-electron chi connectivity index (χ3n) is 3.94. The van der Waals surface area contributed by atoms with Crippen LogP contribution in [0.2, 0.25) is 0 Å². The number of quaternary nitrogens is 1. The Bertz CT molecular complexity index is 137. The van der Waals surface area contributed by atoms with E-state index in [-0.39, 0.29) is 73.6 Å². The lowest BCUT2D eigenvalue weighted by molar-refractivity contribution is -0.929. The van der Waals surface area contributed by atoms with E-state index in [2.05, 4.69) is 27.7 Å². The van der Waals surface area contributed by atoms with Crippen LogP contribution in [0.15, 0.2) is 0 Å². The van der Waals surface area contributed by atoms with Crippen LogP contribution < -0.4 is 0 Å². The van der Waals surface area contributed by atoms with Gasteiger partial charge in [0, 0.05) is 0 Å². The highest BCUT2D eigenvalue weighted by molar-refractivity contribution is 14.0. The summed E-state index contributed by atoms with van der Waals surface area (Å²) in [6.45, 7) is 15.0. The van der Waals surface area contributed by atoms with Gasteiger partial charge in [0.1, 0.15) is 0 Å². The zero-order valence-corrected chi connectivity index (χ0v) is 20.6. The van der Waals surface area contributed by atoms with Crippen molar-refractivity contribution in [2.24, 2.45) is 0 Å². The first kappa shape index (κ1) is 39.1. The van der Waals surface area contributed by atoms with Gasteiger partial charge in [-0.1, -0.05) is 53.4 Å². The van der Waals surface area contributed by atoms with E-state index in [1.807, 2.05) is 0 Å². The first-order valence-corrected chi connectivity index (χ1v) is 8.09. The van der Waals surface area contributed by atoms with Crippen molar-refractivity contribution in [2.75, 3.05) is 26.2 Å². The largest absolute Gasteiger partial charge is 0.324 e. The van der Waals surface area contributed by atoms with Crippen molar-refractivity contribution in [1.29, 1.82) is 0 Å². The normalized spacial score (nSPS) is 9.27. The van der Waals surface area contributed by atoms with E-state index in [0.29, 0.717) is 0 Å². The molecule has 0 radical (unpaired) electrons. The monoisotopic (exact) mass is 514 g/mol. The maximum Gasteiger partial charge on any atom is 0.0786 e. The Hall–Kier alpha value is 1.85. The molecule has 144 valence electrons. The van der Waals surface area contributed by atoms with E-state index >= 15 is 0 Å². The quantitative estimate of drug-likeness (QED) is 0.189. The molecule has 0 aliphatic carbocycles. The third-order valence-corrected chi connectivity index (χ3v) is 3.94. The molecule has 6 heteroatoms. The smallest absolute Gasteiger partial charge is 0.0786 e. The van der Waals surface area contributed by atoms with Crippen LogP contribution >= 0.6 is 73.6 Å². The molecule has 0 aliphatic rings. The summed E-state index contributed by atoms with van der Waals surface area (Å²) >= 11 is 0. The van der Waals surface area contributed by atoms with Crippen LogP contribution in [0.25, 0.3) is 0 Å². The predicted octanol–water partition coefficient (Wildman–Crippen LogP) is 7.31. The van der Waals surface area contributed by atoms with Crippen molar-refractivity contribution in [3.05, 3.63) is 0 Å². The van der Waals surface area contributed by atoms with Crippen LogP contribution in [0.1, 0.15) is 79.1 Å². The Morgan fingerprint density at radius 1 is 0.455 bits per heavy atom. The summed E-state index contributed by atoms with van der Waals surface area (Å²) in [4.78, 5) is 0. The number of halogens is 5. The summed E-state index contributed by atoms with van der Waals surface area (Å²) in [5, 5.41) is 0. The van der Waals surface area contributed by atoms with Gasteiger partial charge in [0.15, 0.2) is 0 Å². The molecule has 0 amide bonds. The Kier molecular flexibility index (Phi) is 49.2. The van der Waals surface area contributed by atoms with Crippen LogP contribution in [0, 0.1) is 0 Å². The zero-order chi connectivity index (χ0) is 13.0. The molecule has 0 saturated carbocycles. The molecule has 0 bridgehead atoms. The van der Waals surface area contributed by atoms with Gasteiger partial charge in [-0.3, -0.25) is 0 Å². The van der Waals surface area contributed by atoms with Gasteiger partial charge in [-0.2, -0.15) is 0 Å². The maximum atomic E-state index is 2.33. The van der Waals surface area contributed by atoms with Crippen molar-refractivity contribution < 1.29 is 4.48 Å². The van der Waals surface area contributed by atoms with Crippen molar-refractivity contribution in [1.82, 2.24) is 0 Å². The first-order valence-electron chi connectivity index (χ1n) is 8.09. The summed E-state index contributed by atoms with van der Waals surface area (Å²) in [6, 6.07) is 0. The lowest BCUT2D eigenvalue weighted by Gasteiger charge is -2.39. The molecule has 0 aliphatic heterocycles. The second-order valence-corrected chi connectivity index (χ2v) is 5.65. The Morgan fingerprint density at radius 3 is 0.773 bits per heavy atom. The lowest BCUT2D eigenvalue weighted by atomic mass is 10.1. The highest BCUT2D eigenvalue weighted by Crippen LogP contribution is 2.16. The number of hydrogen-bond acceptors (Lipinski definition) is 0. The topological polar surface area (TPSA) is 0 Å². The van der Waals surface area contributed by atoms with E-state index in [0.717, 1.165) is 0 Å². The average Bonchev–Trinajstić information content (AvgIpc) is 2.37. The van der Waals surface area contributed by atoms with Crippen molar-refractivity contribution >= 4 is 73.6 Å². The molecule has 0 unspecified atom stereocenters. The van der Waals surface area contributed by atoms with Crippen LogP contribution in [0.3, 0.4) is 0 Å². The van der Waals surface area contributed by atoms with Gasteiger partial charge in [-0.15, -0.1) is 73.6 Å². The van der Waals surface area contributed by atoms with Crippen LogP contribution in [-0.2, 0) is 0 Å². The molecule has 0 atom stereocenters. The molecule has 0 rings (SSSR count). The van der Waals surface area contributed by atoms with Crippen molar-refractivity contribution in [3.8, 4) is 0 Å². The van der Waals surface area contributed by atoms with Crippen molar-refractivity contribution in [3.63, 3.8) is 0 Å². The minimum absolute atomic E-state index is 0. The second kappa shape index (κ2) is 27.7. The zero-order valence-electron chi connectivity index (χ0n) is 15.0. The van der Waals surface area contributed by atoms with E-state index in [1.165, 1.54) is 82.0 Å². The van der Waals surface area contributed by atoms with Crippen LogP contribution in [0.5, 0.6) is 0 Å². The Balaban J connectivity index is -0.000000128. The van der Waals surface area contributed by atoms with E-state index in [1.54, 1.807) is 0 Å². The highest BCUT2D eigenvalue weighted by atomic mass is 127. The molecule has 22 heavy (non-hydrogen) atoms. The molecule has 0 aromatic rings. The molecule has 0 aromatic carbocycles. The summed E-state index contributed by atoms with van der Waals surface area (Å²) < 4.78 is 1.42. The molecule has 0 N–H and O–H groups in total. The molecule has 0 heterocycles.